The molecular formula is C12H14N4OS. The van der Waals surface area contributed by atoms with Gasteiger partial charge in [-0.2, -0.15) is 5.10 Å². The molecule has 0 saturated carbocycles. The first-order chi connectivity index (χ1) is 8.79. The third-order valence-electron chi connectivity index (χ3n) is 2.29. The van der Waals surface area contributed by atoms with E-state index in [2.05, 4.69) is 15.7 Å². The largest absolute Gasteiger partial charge is 0.395 e. The van der Waals surface area contributed by atoms with Crippen molar-refractivity contribution in [2.75, 3.05) is 18.5 Å². The summed E-state index contributed by atoms with van der Waals surface area (Å²) < 4.78 is 1.78. The standard InChI is InChI=1S/C12H14N4OS/c17-9-7-13-12(18)15-10-2-4-11(5-3-10)16-8-1-6-14-16/h1-6,8,17H,7,9H2,(H2,13,15,18). The number of aliphatic hydroxyl groups is 1. The Morgan fingerprint density at radius 1 is 1.33 bits per heavy atom. The molecule has 0 spiro atoms. The van der Waals surface area contributed by atoms with E-state index in [1.165, 1.54) is 0 Å². The van der Waals surface area contributed by atoms with Gasteiger partial charge in [-0.3, -0.25) is 0 Å². The number of anilines is 1. The van der Waals surface area contributed by atoms with Crippen molar-refractivity contribution in [2.24, 2.45) is 0 Å². The van der Waals surface area contributed by atoms with E-state index in [9.17, 15) is 0 Å². The van der Waals surface area contributed by atoms with Crippen LogP contribution < -0.4 is 10.6 Å². The maximum atomic E-state index is 8.66. The Bertz CT molecular complexity index is 495. The van der Waals surface area contributed by atoms with E-state index >= 15 is 0 Å². The van der Waals surface area contributed by atoms with Crippen LogP contribution in [0, 0.1) is 0 Å². The number of hydrogen-bond donors (Lipinski definition) is 3. The third-order valence-corrected chi connectivity index (χ3v) is 2.54. The van der Waals surface area contributed by atoms with E-state index < -0.39 is 0 Å². The lowest BCUT2D eigenvalue weighted by molar-refractivity contribution is 0.301. The fourth-order valence-corrected chi connectivity index (χ4v) is 1.68. The summed E-state index contributed by atoms with van der Waals surface area (Å²) in [6.45, 7) is 0.497. The summed E-state index contributed by atoms with van der Waals surface area (Å²) in [5.74, 6) is 0. The van der Waals surface area contributed by atoms with E-state index in [1.54, 1.807) is 10.9 Å². The molecule has 0 unspecified atom stereocenters. The summed E-state index contributed by atoms with van der Waals surface area (Å²) in [6, 6.07) is 9.61. The molecule has 0 aliphatic rings. The zero-order valence-electron chi connectivity index (χ0n) is 9.71. The van der Waals surface area contributed by atoms with Crippen LogP contribution in [-0.4, -0.2) is 33.2 Å². The number of nitrogens with one attached hydrogen (secondary N) is 2. The third kappa shape index (κ3) is 3.28. The Hall–Kier alpha value is -1.92. The van der Waals surface area contributed by atoms with Crippen LogP contribution >= 0.6 is 12.2 Å². The lowest BCUT2D eigenvalue weighted by atomic mass is 10.3. The smallest absolute Gasteiger partial charge is 0.170 e. The van der Waals surface area contributed by atoms with Gasteiger partial charge in [-0.25, -0.2) is 4.68 Å². The van der Waals surface area contributed by atoms with Crippen LogP contribution in [0.4, 0.5) is 5.69 Å². The Kier molecular flexibility index (Phi) is 4.27. The average molecular weight is 262 g/mol. The zero-order valence-corrected chi connectivity index (χ0v) is 10.5. The SMILES string of the molecule is OCCNC(=S)Nc1ccc(-n2cccn2)cc1. The minimum atomic E-state index is 0.0556. The van der Waals surface area contributed by atoms with Gasteiger partial charge < -0.3 is 15.7 Å². The summed E-state index contributed by atoms with van der Waals surface area (Å²) in [7, 11) is 0. The molecule has 0 fully saturated rings. The molecule has 2 aromatic rings. The fraction of sp³-hybridized carbons (Fsp3) is 0.167. The van der Waals surface area contributed by atoms with Gasteiger partial charge in [-0.15, -0.1) is 0 Å². The molecule has 0 bridgehead atoms. The first kappa shape index (κ1) is 12.5. The number of aromatic nitrogens is 2. The summed E-state index contributed by atoms with van der Waals surface area (Å²) in [5, 5.41) is 19.2. The van der Waals surface area contributed by atoms with Gasteiger partial charge >= 0.3 is 0 Å². The molecule has 1 heterocycles. The van der Waals surface area contributed by atoms with Gasteiger partial charge in [-0.05, 0) is 42.5 Å². The Balaban J connectivity index is 1.98. The van der Waals surface area contributed by atoms with Crippen LogP contribution in [0.3, 0.4) is 0 Å². The van der Waals surface area contributed by atoms with Crippen molar-refractivity contribution in [3.8, 4) is 5.69 Å². The minimum Gasteiger partial charge on any atom is -0.395 e. The Labute approximate surface area is 110 Å². The predicted octanol–water partition coefficient (Wildman–Crippen LogP) is 1.15. The topological polar surface area (TPSA) is 62.1 Å². The van der Waals surface area contributed by atoms with E-state index in [-0.39, 0.29) is 6.61 Å². The number of aliphatic hydroxyl groups excluding tert-OH is 1. The molecule has 5 nitrogen and oxygen atoms in total. The lowest BCUT2D eigenvalue weighted by Crippen LogP contribution is -2.30. The molecule has 0 aliphatic heterocycles. The highest BCUT2D eigenvalue weighted by atomic mass is 32.1. The van der Waals surface area contributed by atoms with E-state index in [4.69, 9.17) is 17.3 Å². The summed E-state index contributed by atoms with van der Waals surface area (Å²) >= 11 is 5.06. The first-order valence-corrected chi connectivity index (χ1v) is 5.96. The molecule has 3 N–H and O–H groups in total. The highest BCUT2D eigenvalue weighted by Crippen LogP contribution is 2.12. The van der Waals surface area contributed by atoms with E-state index in [1.807, 2.05) is 36.5 Å². The van der Waals surface area contributed by atoms with Gasteiger partial charge in [0, 0.05) is 24.6 Å². The zero-order chi connectivity index (χ0) is 12.8. The average Bonchev–Trinajstić information content (AvgIpc) is 2.91. The monoisotopic (exact) mass is 262 g/mol. The van der Waals surface area contributed by atoms with Crippen molar-refractivity contribution in [3.63, 3.8) is 0 Å². The van der Waals surface area contributed by atoms with E-state index in [0.717, 1.165) is 11.4 Å². The number of nitrogens with zero attached hydrogens (tertiary/aromatic N) is 2. The van der Waals surface area contributed by atoms with Crippen LogP contribution in [0.1, 0.15) is 0 Å². The van der Waals surface area contributed by atoms with Crippen LogP contribution in [0.2, 0.25) is 0 Å². The van der Waals surface area contributed by atoms with Crippen molar-refractivity contribution in [1.82, 2.24) is 15.1 Å². The normalized spacial score (nSPS) is 10.1. The molecule has 0 saturated heterocycles. The van der Waals surface area contributed by atoms with Crippen LogP contribution in [-0.2, 0) is 0 Å². The Morgan fingerprint density at radius 2 is 2.11 bits per heavy atom. The minimum absolute atomic E-state index is 0.0556. The van der Waals surface area contributed by atoms with Crippen molar-refractivity contribution in [2.45, 2.75) is 0 Å². The van der Waals surface area contributed by atoms with Gasteiger partial charge in [0.25, 0.3) is 0 Å². The molecule has 0 aliphatic carbocycles. The highest BCUT2D eigenvalue weighted by Gasteiger charge is 1.98. The summed E-state index contributed by atoms with van der Waals surface area (Å²) in [6.07, 6.45) is 3.62. The van der Waals surface area contributed by atoms with Crippen molar-refractivity contribution in [1.29, 1.82) is 0 Å². The number of rotatable bonds is 4. The molecule has 1 aromatic carbocycles. The quantitative estimate of drug-likeness (QED) is 0.722. The summed E-state index contributed by atoms with van der Waals surface area (Å²) in [4.78, 5) is 0. The maximum Gasteiger partial charge on any atom is 0.170 e. The van der Waals surface area contributed by atoms with Crippen molar-refractivity contribution >= 4 is 23.0 Å². The lowest BCUT2D eigenvalue weighted by Gasteiger charge is -2.10. The fourth-order valence-electron chi connectivity index (χ4n) is 1.46. The van der Waals surface area contributed by atoms with Crippen molar-refractivity contribution < 1.29 is 5.11 Å². The first-order valence-electron chi connectivity index (χ1n) is 5.55. The van der Waals surface area contributed by atoms with Crippen molar-refractivity contribution in [3.05, 3.63) is 42.7 Å². The van der Waals surface area contributed by atoms with Crippen LogP contribution in [0.5, 0.6) is 0 Å². The van der Waals surface area contributed by atoms with Gasteiger partial charge in [0.1, 0.15) is 0 Å². The number of benzene rings is 1. The van der Waals surface area contributed by atoms with E-state index in [0.29, 0.717) is 11.7 Å². The van der Waals surface area contributed by atoms with Gasteiger partial charge in [0.05, 0.1) is 12.3 Å². The molecular weight excluding hydrogens is 248 g/mol. The predicted molar refractivity (Wildman–Crippen MR) is 74.9 cm³/mol. The molecule has 94 valence electrons. The Morgan fingerprint density at radius 3 is 2.72 bits per heavy atom. The highest BCUT2D eigenvalue weighted by molar-refractivity contribution is 7.80. The maximum absolute atomic E-state index is 8.66. The second-order valence-electron chi connectivity index (χ2n) is 3.60. The molecule has 2 rings (SSSR count). The van der Waals surface area contributed by atoms with Gasteiger partial charge in [0.15, 0.2) is 5.11 Å². The van der Waals surface area contributed by atoms with Crippen LogP contribution in [0.25, 0.3) is 5.69 Å². The molecule has 0 atom stereocenters. The second-order valence-corrected chi connectivity index (χ2v) is 4.01. The summed E-state index contributed by atoms with van der Waals surface area (Å²) in [5.41, 5.74) is 1.88. The molecule has 1 aromatic heterocycles. The number of thiocarbonyl (C=S) groups is 1. The molecule has 18 heavy (non-hydrogen) atoms. The number of hydrogen-bond acceptors (Lipinski definition) is 3. The second kappa shape index (κ2) is 6.13. The van der Waals surface area contributed by atoms with Gasteiger partial charge in [0.2, 0.25) is 0 Å². The molecule has 6 heteroatoms. The molecule has 0 radical (unpaired) electrons. The van der Waals surface area contributed by atoms with Crippen LogP contribution in [0.15, 0.2) is 42.7 Å². The van der Waals surface area contributed by atoms with Gasteiger partial charge in [-0.1, -0.05) is 0 Å². The molecule has 0 amide bonds.